The Kier molecular flexibility index (Phi) is 6.89. The van der Waals surface area contributed by atoms with Crippen LogP contribution in [0.1, 0.15) is 23.1 Å². The summed E-state index contributed by atoms with van der Waals surface area (Å²) in [5, 5.41) is 14.3. The van der Waals surface area contributed by atoms with Crippen molar-refractivity contribution in [3.05, 3.63) is 76.4 Å². The highest BCUT2D eigenvalue weighted by Gasteiger charge is 2.22. The van der Waals surface area contributed by atoms with E-state index in [-0.39, 0.29) is 11.2 Å². The van der Waals surface area contributed by atoms with Gasteiger partial charge in [0.1, 0.15) is 5.76 Å². The van der Waals surface area contributed by atoms with E-state index in [1.807, 2.05) is 48.7 Å². The van der Waals surface area contributed by atoms with Crippen LogP contribution in [0.5, 0.6) is 0 Å². The van der Waals surface area contributed by atoms with Gasteiger partial charge in [-0.25, -0.2) is 0 Å². The lowest BCUT2D eigenvalue weighted by Gasteiger charge is -2.14. The number of thiophene rings is 1. The first-order valence-corrected chi connectivity index (χ1v) is 11.9. The minimum Gasteiger partial charge on any atom is -0.469 e. The molecule has 0 aliphatic carbocycles. The summed E-state index contributed by atoms with van der Waals surface area (Å²) >= 11 is 3.12. The summed E-state index contributed by atoms with van der Waals surface area (Å²) in [4.78, 5) is 13.9. The van der Waals surface area contributed by atoms with Crippen molar-refractivity contribution in [1.29, 1.82) is 0 Å². The normalized spacial score (nSPS) is 12.1. The minimum atomic E-state index is -0.291. The highest BCUT2D eigenvalue weighted by atomic mass is 32.2. The van der Waals surface area contributed by atoms with Gasteiger partial charge in [0.2, 0.25) is 5.91 Å². The summed E-state index contributed by atoms with van der Waals surface area (Å²) in [6.07, 6.45) is 2.50. The van der Waals surface area contributed by atoms with Crippen LogP contribution in [0.4, 0.5) is 0 Å². The third-order valence-corrected chi connectivity index (χ3v) is 6.92. The molecular formula is C23H24N4O2S2. The molecule has 4 aromatic rings. The molecule has 1 amide bonds. The zero-order valence-electron chi connectivity index (χ0n) is 17.4. The number of thioether (sulfide) groups is 1. The van der Waals surface area contributed by atoms with Crippen LogP contribution in [-0.4, -0.2) is 32.5 Å². The van der Waals surface area contributed by atoms with Crippen LogP contribution < -0.4 is 5.32 Å². The number of carbonyl (C=O) groups excluding carboxylic acids is 1. The predicted octanol–water partition coefficient (Wildman–Crippen LogP) is 4.80. The van der Waals surface area contributed by atoms with Crippen LogP contribution in [0.25, 0.3) is 11.4 Å². The molecule has 1 N–H and O–H groups in total. The largest absolute Gasteiger partial charge is 0.469 e. The third kappa shape index (κ3) is 5.26. The van der Waals surface area contributed by atoms with E-state index >= 15 is 0 Å². The van der Waals surface area contributed by atoms with E-state index in [4.69, 9.17) is 4.42 Å². The Morgan fingerprint density at radius 1 is 1.19 bits per heavy atom. The van der Waals surface area contributed by atoms with Crippen molar-refractivity contribution in [2.24, 2.45) is 0 Å². The summed E-state index contributed by atoms with van der Waals surface area (Å²) in [7, 11) is 0. The Bertz CT molecular complexity index is 1120. The topological polar surface area (TPSA) is 72.9 Å². The Morgan fingerprint density at radius 2 is 2.03 bits per heavy atom. The van der Waals surface area contributed by atoms with Crippen molar-refractivity contribution in [2.75, 3.05) is 6.54 Å². The van der Waals surface area contributed by atoms with Crippen molar-refractivity contribution in [3.8, 4) is 11.4 Å². The Balaban J connectivity index is 1.49. The minimum absolute atomic E-state index is 0.00291. The van der Waals surface area contributed by atoms with Gasteiger partial charge in [-0.05, 0) is 43.3 Å². The monoisotopic (exact) mass is 452 g/mol. The smallest absolute Gasteiger partial charge is 0.233 e. The molecule has 0 aliphatic rings. The summed E-state index contributed by atoms with van der Waals surface area (Å²) in [5.74, 6) is 1.53. The fourth-order valence-corrected chi connectivity index (χ4v) is 4.80. The van der Waals surface area contributed by atoms with E-state index in [1.165, 1.54) is 16.6 Å². The fraction of sp³-hybridized carbons (Fsp3) is 0.261. The van der Waals surface area contributed by atoms with Crippen molar-refractivity contribution < 1.29 is 9.21 Å². The number of nitrogens with one attached hydrogen (secondary N) is 1. The number of rotatable bonds is 9. The van der Waals surface area contributed by atoms with E-state index < -0.39 is 0 Å². The second kappa shape index (κ2) is 9.98. The molecule has 0 radical (unpaired) electrons. The van der Waals surface area contributed by atoms with Crippen LogP contribution in [0.15, 0.2) is 69.7 Å². The summed E-state index contributed by atoms with van der Waals surface area (Å²) in [6, 6.07) is 16.2. The number of hydrogen-bond donors (Lipinski definition) is 1. The molecule has 1 aromatic carbocycles. The Hall–Kier alpha value is -2.84. The first kappa shape index (κ1) is 21.4. The molecule has 0 saturated heterocycles. The van der Waals surface area contributed by atoms with Gasteiger partial charge >= 0.3 is 0 Å². The van der Waals surface area contributed by atoms with Gasteiger partial charge in [0.25, 0.3) is 0 Å². The first-order valence-electron chi connectivity index (χ1n) is 10.1. The number of hydrogen-bond acceptors (Lipinski definition) is 6. The highest BCUT2D eigenvalue weighted by molar-refractivity contribution is 8.00. The van der Waals surface area contributed by atoms with Crippen LogP contribution >= 0.6 is 23.1 Å². The third-order valence-electron chi connectivity index (χ3n) is 4.90. The van der Waals surface area contributed by atoms with Crippen molar-refractivity contribution in [1.82, 2.24) is 20.1 Å². The number of furan rings is 1. The average molecular weight is 453 g/mol. The molecular weight excluding hydrogens is 428 g/mol. The maximum Gasteiger partial charge on any atom is 0.233 e. The number of amides is 1. The van der Waals surface area contributed by atoms with Gasteiger partial charge in [-0.3, -0.25) is 9.36 Å². The molecule has 0 aliphatic heterocycles. The van der Waals surface area contributed by atoms with Gasteiger partial charge in [-0.2, -0.15) is 0 Å². The molecule has 6 nitrogen and oxygen atoms in total. The molecule has 1 atom stereocenters. The lowest BCUT2D eigenvalue weighted by molar-refractivity contribution is -0.120. The second-order valence-electron chi connectivity index (χ2n) is 7.15. The second-order valence-corrected chi connectivity index (χ2v) is 9.49. The van der Waals surface area contributed by atoms with E-state index in [1.54, 1.807) is 17.6 Å². The summed E-state index contributed by atoms with van der Waals surface area (Å²) in [5.41, 5.74) is 2.04. The SMILES string of the molecule is Cc1occc1-c1nnc(SC(C)C(=O)NCCc2cccs2)n1Cc1ccccc1. The van der Waals surface area contributed by atoms with E-state index in [0.717, 1.165) is 29.1 Å². The molecule has 4 rings (SSSR count). The van der Waals surface area contributed by atoms with Gasteiger partial charge in [-0.15, -0.1) is 21.5 Å². The zero-order chi connectivity index (χ0) is 21.6. The molecule has 31 heavy (non-hydrogen) atoms. The van der Waals surface area contributed by atoms with Crippen molar-refractivity contribution >= 4 is 29.0 Å². The van der Waals surface area contributed by atoms with Crippen molar-refractivity contribution in [3.63, 3.8) is 0 Å². The number of aryl methyl sites for hydroxylation is 1. The lowest BCUT2D eigenvalue weighted by Crippen LogP contribution is -2.32. The van der Waals surface area contributed by atoms with Gasteiger partial charge in [0.05, 0.1) is 23.6 Å². The lowest BCUT2D eigenvalue weighted by atomic mass is 10.2. The standard InChI is InChI=1S/C23H24N4O2S2/c1-16-20(11-13-29-16)21-25-26-23(27(21)15-18-7-4-3-5-8-18)31-17(2)22(28)24-12-10-19-9-6-14-30-19/h3-9,11,13-14,17H,10,12,15H2,1-2H3,(H,24,28). The van der Waals surface area contributed by atoms with Crippen LogP contribution in [0.3, 0.4) is 0 Å². The van der Waals surface area contributed by atoms with E-state index in [2.05, 4.69) is 39.1 Å². The number of benzene rings is 1. The average Bonchev–Trinajstić information content (AvgIpc) is 3.52. The van der Waals surface area contributed by atoms with Gasteiger partial charge in [0, 0.05) is 11.4 Å². The number of carbonyl (C=O) groups is 1. The maximum absolute atomic E-state index is 12.6. The Morgan fingerprint density at radius 3 is 2.74 bits per heavy atom. The van der Waals surface area contributed by atoms with Crippen LogP contribution in [0, 0.1) is 6.92 Å². The zero-order valence-corrected chi connectivity index (χ0v) is 19.1. The molecule has 0 fully saturated rings. The molecule has 8 heteroatoms. The quantitative estimate of drug-likeness (QED) is 0.370. The highest BCUT2D eigenvalue weighted by Crippen LogP contribution is 2.29. The molecule has 1 unspecified atom stereocenters. The van der Waals surface area contributed by atoms with E-state index in [0.29, 0.717) is 18.2 Å². The van der Waals surface area contributed by atoms with Gasteiger partial charge in [-0.1, -0.05) is 48.2 Å². The van der Waals surface area contributed by atoms with Gasteiger partial charge < -0.3 is 9.73 Å². The summed E-state index contributed by atoms with van der Waals surface area (Å²) < 4.78 is 7.53. The number of nitrogens with zero attached hydrogens (tertiary/aromatic N) is 3. The predicted molar refractivity (Wildman–Crippen MR) is 124 cm³/mol. The fourth-order valence-electron chi connectivity index (χ4n) is 3.22. The molecule has 3 aromatic heterocycles. The summed E-state index contributed by atoms with van der Waals surface area (Å²) in [6.45, 7) is 5.05. The molecule has 0 spiro atoms. The van der Waals surface area contributed by atoms with Crippen molar-refractivity contribution in [2.45, 2.75) is 37.2 Å². The molecule has 160 valence electrons. The first-order chi connectivity index (χ1) is 15.1. The molecule has 0 saturated carbocycles. The maximum atomic E-state index is 12.6. The number of aromatic nitrogens is 3. The van der Waals surface area contributed by atoms with Crippen LogP contribution in [-0.2, 0) is 17.8 Å². The van der Waals surface area contributed by atoms with Gasteiger partial charge in [0.15, 0.2) is 11.0 Å². The Labute approximate surface area is 189 Å². The van der Waals surface area contributed by atoms with Crippen LogP contribution in [0.2, 0.25) is 0 Å². The molecule has 0 bridgehead atoms. The van der Waals surface area contributed by atoms with E-state index in [9.17, 15) is 4.79 Å². The molecule has 3 heterocycles.